The summed E-state index contributed by atoms with van der Waals surface area (Å²) in [6.45, 7) is 14.4. The molecule has 0 aromatic carbocycles. The molecular formula is C25H39N3O3S. The summed E-state index contributed by atoms with van der Waals surface area (Å²) in [7, 11) is 1.64. The van der Waals surface area contributed by atoms with Crippen molar-refractivity contribution < 1.29 is 14.3 Å². The van der Waals surface area contributed by atoms with Crippen molar-refractivity contribution in [3.8, 4) is 0 Å². The lowest BCUT2D eigenvalue weighted by Gasteiger charge is -2.27. The molecule has 0 aliphatic heterocycles. The number of rotatable bonds is 11. The Morgan fingerprint density at radius 3 is 2.72 bits per heavy atom. The molecule has 0 aliphatic rings. The predicted octanol–water partition coefficient (Wildman–Crippen LogP) is 5.85. The first-order valence-electron chi connectivity index (χ1n) is 11.4. The Bertz CT molecular complexity index is 901. The summed E-state index contributed by atoms with van der Waals surface area (Å²) < 4.78 is 12.0. The normalized spacial score (nSPS) is 13.3. The zero-order valence-corrected chi connectivity index (χ0v) is 21.5. The number of allylic oxidation sites excluding steroid dienone is 1. The Labute approximate surface area is 197 Å². The Kier molecular flexibility index (Phi) is 9.97. The monoisotopic (exact) mass is 461 g/mol. The zero-order valence-electron chi connectivity index (χ0n) is 20.7. The summed E-state index contributed by atoms with van der Waals surface area (Å²) >= 11 is 1.80. The van der Waals surface area contributed by atoms with E-state index in [2.05, 4.69) is 49.4 Å². The van der Waals surface area contributed by atoms with Crippen LogP contribution in [0.5, 0.6) is 0 Å². The maximum atomic E-state index is 12.5. The molecule has 1 atom stereocenters. The average Bonchev–Trinajstić information content (AvgIpc) is 3.14. The van der Waals surface area contributed by atoms with Crippen LogP contribution in [-0.4, -0.2) is 54.9 Å². The second-order valence-corrected chi connectivity index (χ2v) is 10.2. The number of nitrogens with zero attached hydrogens (tertiary/aromatic N) is 2. The van der Waals surface area contributed by atoms with Crippen LogP contribution < -0.4 is 5.32 Å². The van der Waals surface area contributed by atoms with Gasteiger partial charge in [-0.3, -0.25) is 4.98 Å². The molecule has 1 amide bonds. The summed E-state index contributed by atoms with van der Waals surface area (Å²) in [4.78, 5) is 20.0. The first-order chi connectivity index (χ1) is 15.2. The van der Waals surface area contributed by atoms with Crippen LogP contribution in [-0.2, 0) is 9.47 Å². The van der Waals surface area contributed by atoms with E-state index in [4.69, 9.17) is 9.47 Å². The maximum Gasteiger partial charge on any atom is 0.410 e. The fourth-order valence-electron chi connectivity index (χ4n) is 3.46. The molecule has 0 radical (unpaired) electrons. The van der Waals surface area contributed by atoms with Gasteiger partial charge in [0, 0.05) is 44.0 Å². The van der Waals surface area contributed by atoms with Gasteiger partial charge in [0.25, 0.3) is 0 Å². The van der Waals surface area contributed by atoms with Crippen molar-refractivity contribution in [2.45, 2.75) is 60.0 Å². The highest BCUT2D eigenvalue weighted by Crippen LogP contribution is 2.35. The highest BCUT2D eigenvalue weighted by Gasteiger charge is 2.21. The van der Waals surface area contributed by atoms with E-state index >= 15 is 0 Å². The summed E-state index contributed by atoms with van der Waals surface area (Å²) in [5, 5.41) is 3.44. The molecular weight excluding hydrogens is 422 g/mol. The van der Waals surface area contributed by atoms with Crippen LogP contribution in [0.4, 0.5) is 4.79 Å². The number of thiophene rings is 1. The number of aromatic nitrogens is 1. The summed E-state index contributed by atoms with van der Waals surface area (Å²) in [5.74, 6) is 0.427. The molecule has 0 fully saturated rings. The Balaban J connectivity index is 2.13. The van der Waals surface area contributed by atoms with E-state index in [1.165, 1.54) is 20.7 Å². The molecule has 7 heteroatoms. The summed E-state index contributed by atoms with van der Waals surface area (Å²) in [6, 6.07) is 4.25. The van der Waals surface area contributed by atoms with Crippen LogP contribution in [0.2, 0.25) is 0 Å². The number of methoxy groups -OCH3 is 1. The Morgan fingerprint density at radius 2 is 2.09 bits per heavy atom. The lowest BCUT2D eigenvalue weighted by atomic mass is 9.96. The van der Waals surface area contributed by atoms with Gasteiger partial charge in [0.15, 0.2) is 0 Å². The first kappa shape index (κ1) is 26.1. The van der Waals surface area contributed by atoms with Crippen molar-refractivity contribution in [3.63, 3.8) is 0 Å². The number of aryl methyl sites for hydroxylation is 1. The molecule has 2 rings (SSSR count). The van der Waals surface area contributed by atoms with Crippen LogP contribution in [0.3, 0.4) is 0 Å². The van der Waals surface area contributed by atoms with Gasteiger partial charge in [0.1, 0.15) is 5.60 Å². The van der Waals surface area contributed by atoms with Crippen molar-refractivity contribution in [1.82, 2.24) is 15.2 Å². The van der Waals surface area contributed by atoms with Gasteiger partial charge in [-0.25, -0.2) is 4.79 Å². The van der Waals surface area contributed by atoms with Crippen molar-refractivity contribution in [3.05, 3.63) is 35.0 Å². The number of hydrogen-bond donors (Lipinski definition) is 1. The molecule has 2 aromatic heterocycles. The lowest BCUT2D eigenvalue weighted by molar-refractivity contribution is 0.0205. The van der Waals surface area contributed by atoms with Crippen LogP contribution in [0, 0.1) is 12.8 Å². The molecule has 2 aromatic rings. The van der Waals surface area contributed by atoms with E-state index in [-0.39, 0.29) is 6.09 Å². The van der Waals surface area contributed by atoms with E-state index in [1.807, 2.05) is 27.0 Å². The van der Waals surface area contributed by atoms with Crippen molar-refractivity contribution in [2.75, 3.05) is 33.4 Å². The lowest BCUT2D eigenvalue weighted by Crippen LogP contribution is -2.41. The van der Waals surface area contributed by atoms with Gasteiger partial charge < -0.3 is 19.7 Å². The second kappa shape index (κ2) is 12.2. The minimum absolute atomic E-state index is 0.314. The van der Waals surface area contributed by atoms with Gasteiger partial charge in [-0.05, 0) is 63.3 Å². The Morgan fingerprint density at radius 1 is 1.34 bits per heavy atom. The molecule has 1 N–H and O–H groups in total. The van der Waals surface area contributed by atoms with Crippen LogP contribution in [0.25, 0.3) is 15.8 Å². The number of carbonyl (C=O) groups is 1. The third kappa shape index (κ3) is 7.78. The molecule has 0 aliphatic carbocycles. The zero-order chi connectivity index (χ0) is 23.7. The number of carbonyl (C=O) groups excluding carboxylic acids is 1. The standard InChI is InChI=1S/C25H39N3O3S/c1-8-9-18(2)20(22-16-21-23(32-22)19(3)10-11-27-21)17-26-12-13-28(14-15-30-7)24(29)31-25(4,5)6/h10-11,16-18,26H,8-9,12-15H2,1-7H3/b20-17+. The van der Waals surface area contributed by atoms with Gasteiger partial charge in [-0.1, -0.05) is 20.3 Å². The van der Waals surface area contributed by atoms with Crippen LogP contribution in [0.15, 0.2) is 24.5 Å². The fourth-order valence-corrected chi connectivity index (χ4v) is 4.67. The maximum absolute atomic E-state index is 12.5. The van der Waals surface area contributed by atoms with Crippen LogP contribution in [0.1, 0.15) is 57.9 Å². The van der Waals surface area contributed by atoms with Gasteiger partial charge in [-0.15, -0.1) is 11.3 Å². The minimum Gasteiger partial charge on any atom is -0.444 e. The highest BCUT2D eigenvalue weighted by molar-refractivity contribution is 7.20. The topological polar surface area (TPSA) is 63.7 Å². The summed E-state index contributed by atoms with van der Waals surface area (Å²) in [5.41, 5.74) is 3.07. The second-order valence-electron chi connectivity index (χ2n) is 9.16. The Hall–Kier alpha value is -2.12. The third-order valence-corrected chi connectivity index (χ3v) is 6.46. The quantitative estimate of drug-likeness (QED) is 0.425. The van der Waals surface area contributed by atoms with E-state index in [1.54, 1.807) is 23.3 Å². The number of amides is 1. The number of hydrogen-bond acceptors (Lipinski definition) is 6. The molecule has 1 unspecified atom stereocenters. The largest absolute Gasteiger partial charge is 0.444 e. The summed E-state index contributed by atoms with van der Waals surface area (Å²) in [6.07, 6.45) is 5.92. The highest BCUT2D eigenvalue weighted by atomic mass is 32.1. The molecule has 0 spiro atoms. The average molecular weight is 462 g/mol. The first-order valence-corrected chi connectivity index (χ1v) is 12.2. The fraction of sp³-hybridized carbons (Fsp3) is 0.600. The molecule has 178 valence electrons. The molecule has 0 saturated carbocycles. The third-order valence-electron chi connectivity index (χ3n) is 5.15. The van der Waals surface area contributed by atoms with E-state index < -0.39 is 5.60 Å². The number of nitrogens with one attached hydrogen (secondary N) is 1. The number of pyridine rings is 1. The smallest absolute Gasteiger partial charge is 0.410 e. The molecule has 6 nitrogen and oxygen atoms in total. The molecule has 2 heterocycles. The van der Waals surface area contributed by atoms with Crippen molar-refractivity contribution in [1.29, 1.82) is 0 Å². The van der Waals surface area contributed by atoms with Crippen molar-refractivity contribution in [2.24, 2.45) is 5.92 Å². The molecule has 32 heavy (non-hydrogen) atoms. The number of ether oxygens (including phenoxy) is 2. The SMILES string of the molecule is CCCC(C)/C(=C\NCCN(CCOC)C(=O)OC(C)(C)C)c1cc2nccc(C)c2s1. The minimum atomic E-state index is -0.522. The van der Waals surface area contributed by atoms with Crippen LogP contribution >= 0.6 is 11.3 Å². The van der Waals surface area contributed by atoms with Gasteiger partial charge >= 0.3 is 6.09 Å². The van der Waals surface area contributed by atoms with E-state index in [9.17, 15) is 4.79 Å². The predicted molar refractivity (Wildman–Crippen MR) is 134 cm³/mol. The van der Waals surface area contributed by atoms with Gasteiger partial charge in [-0.2, -0.15) is 0 Å². The van der Waals surface area contributed by atoms with Gasteiger partial charge in [0.2, 0.25) is 0 Å². The van der Waals surface area contributed by atoms with E-state index in [0.717, 1.165) is 18.4 Å². The number of fused-ring (bicyclic) bond motifs is 1. The molecule has 0 saturated heterocycles. The van der Waals surface area contributed by atoms with E-state index in [0.29, 0.717) is 32.2 Å². The molecule has 0 bridgehead atoms. The van der Waals surface area contributed by atoms with Crippen molar-refractivity contribution >= 4 is 33.2 Å². The van der Waals surface area contributed by atoms with Gasteiger partial charge in [0.05, 0.1) is 16.8 Å².